The lowest BCUT2D eigenvalue weighted by molar-refractivity contribution is -0.139. The first kappa shape index (κ1) is 14.6. The molecule has 2 N–H and O–H groups in total. The monoisotopic (exact) mass is 317 g/mol. The molecule has 0 heterocycles. The zero-order valence-electron chi connectivity index (χ0n) is 9.74. The second-order valence-corrected chi connectivity index (χ2v) is 4.63. The normalized spacial score (nSPS) is 11.9. The number of hydrogen-bond donors (Lipinski definition) is 2. The maximum Gasteiger partial charge on any atom is 0.326 e. The molecule has 0 spiro atoms. The van der Waals surface area contributed by atoms with Crippen molar-refractivity contribution in [3.05, 3.63) is 34.1 Å². The van der Waals surface area contributed by atoms with Crippen molar-refractivity contribution in [1.29, 1.82) is 0 Å². The number of carbonyl (C=O) groups is 2. The number of nitrogens with one attached hydrogen (secondary N) is 1. The lowest BCUT2D eigenvalue weighted by Crippen LogP contribution is -2.40. The van der Waals surface area contributed by atoms with E-state index in [1.54, 1.807) is 0 Å². The van der Waals surface area contributed by atoms with Crippen molar-refractivity contribution >= 4 is 27.8 Å². The summed E-state index contributed by atoms with van der Waals surface area (Å²) in [6.45, 7) is 1.82. The third kappa shape index (κ3) is 3.80. The highest BCUT2D eigenvalue weighted by atomic mass is 79.9. The van der Waals surface area contributed by atoms with Crippen molar-refractivity contribution in [2.24, 2.45) is 0 Å². The molecule has 1 atom stereocenters. The molecule has 0 saturated carbocycles. The lowest BCUT2D eigenvalue weighted by Gasteiger charge is -2.14. The van der Waals surface area contributed by atoms with E-state index < -0.39 is 23.7 Å². The van der Waals surface area contributed by atoms with Gasteiger partial charge >= 0.3 is 5.97 Å². The molecule has 1 aromatic carbocycles. The van der Waals surface area contributed by atoms with Gasteiger partial charge < -0.3 is 10.4 Å². The molecule has 98 valence electrons. The summed E-state index contributed by atoms with van der Waals surface area (Å²) < 4.78 is 13.5. The Hall–Kier alpha value is -1.43. The minimum atomic E-state index is -1.10. The van der Waals surface area contributed by atoms with Crippen LogP contribution in [0.2, 0.25) is 0 Å². The summed E-state index contributed by atoms with van der Waals surface area (Å²) in [5.41, 5.74) is 0.0809. The van der Waals surface area contributed by atoms with Gasteiger partial charge in [0.1, 0.15) is 11.9 Å². The Labute approximate surface area is 112 Å². The van der Waals surface area contributed by atoms with E-state index in [4.69, 9.17) is 5.11 Å². The number of carbonyl (C=O) groups excluding carboxylic acids is 1. The lowest BCUT2D eigenvalue weighted by atomic mass is 10.1. The van der Waals surface area contributed by atoms with Crippen molar-refractivity contribution in [2.75, 3.05) is 0 Å². The van der Waals surface area contributed by atoms with Crippen LogP contribution in [0.4, 0.5) is 4.39 Å². The van der Waals surface area contributed by atoms with E-state index in [0.717, 1.165) is 6.07 Å². The van der Waals surface area contributed by atoms with Crippen molar-refractivity contribution in [3.8, 4) is 0 Å². The van der Waals surface area contributed by atoms with Gasteiger partial charge in [-0.15, -0.1) is 0 Å². The highest BCUT2D eigenvalue weighted by Crippen LogP contribution is 2.18. The van der Waals surface area contributed by atoms with Gasteiger partial charge in [0.15, 0.2) is 0 Å². The number of amides is 1. The third-order valence-electron chi connectivity index (χ3n) is 2.35. The minimum Gasteiger partial charge on any atom is -0.480 e. The highest BCUT2D eigenvalue weighted by molar-refractivity contribution is 9.10. The molecule has 0 radical (unpaired) electrons. The van der Waals surface area contributed by atoms with E-state index in [2.05, 4.69) is 21.2 Å². The molecule has 0 aliphatic rings. The van der Waals surface area contributed by atoms with Crippen LogP contribution >= 0.6 is 15.9 Å². The van der Waals surface area contributed by atoms with Crippen LogP contribution < -0.4 is 5.32 Å². The van der Waals surface area contributed by atoms with Gasteiger partial charge in [0.25, 0.3) is 5.91 Å². The third-order valence-corrected chi connectivity index (χ3v) is 3.05. The van der Waals surface area contributed by atoms with E-state index >= 15 is 0 Å². The molecule has 0 bridgehead atoms. The topological polar surface area (TPSA) is 66.4 Å². The van der Waals surface area contributed by atoms with Gasteiger partial charge in [-0.3, -0.25) is 4.79 Å². The first-order chi connectivity index (χ1) is 8.45. The predicted molar refractivity (Wildman–Crippen MR) is 67.9 cm³/mol. The smallest absolute Gasteiger partial charge is 0.326 e. The molecular weight excluding hydrogens is 305 g/mol. The van der Waals surface area contributed by atoms with Gasteiger partial charge in [-0.1, -0.05) is 13.3 Å². The Morgan fingerprint density at radius 3 is 2.72 bits per heavy atom. The van der Waals surface area contributed by atoms with Crippen LogP contribution in [0.5, 0.6) is 0 Å². The molecule has 1 amide bonds. The fourth-order valence-electron chi connectivity index (χ4n) is 1.45. The van der Waals surface area contributed by atoms with Crippen molar-refractivity contribution in [2.45, 2.75) is 25.8 Å². The SMILES string of the molecule is CCC[C@H](NC(=O)c1cc(F)ccc1Br)C(=O)O. The summed E-state index contributed by atoms with van der Waals surface area (Å²) in [7, 11) is 0. The zero-order chi connectivity index (χ0) is 13.7. The number of carboxylic acid groups (broad SMARTS) is 1. The first-order valence-electron chi connectivity index (χ1n) is 5.44. The summed E-state index contributed by atoms with van der Waals surface area (Å²) in [5, 5.41) is 11.3. The zero-order valence-corrected chi connectivity index (χ0v) is 11.3. The number of halogens is 2. The Bertz CT molecular complexity index is 465. The van der Waals surface area contributed by atoms with Gasteiger partial charge in [0, 0.05) is 4.47 Å². The second kappa shape index (κ2) is 6.49. The van der Waals surface area contributed by atoms with Crippen LogP contribution in [-0.4, -0.2) is 23.0 Å². The predicted octanol–water partition coefficient (Wildman–Crippen LogP) is 2.57. The summed E-state index contributed by atoms with van der Waals surface area (Å²) >= 11 is 3.12. The minimum absolute atomic E-state index is 0.0809. The maximum atomic E-state index is 13.0. The molecule has 0 unspecified atom stereocenters. The second-order valence-electron chi connectivity index (χ2n) is 3.78. The van der Waals surface area contributed by atoms with E-state index in [1.165, 1.54) is 12.1 Å². The summed E-state index contributed by atoms with van der Waals surface area (Å²) in [6.07, 6.45) is 0.954. The molecule has 1 aromatic rings. The fraction of sp³-hybridized carbons (Fsp3) is 0.333. The van der Waals surface area contributed by atoms with Crippen molar-refractivity contribution in [1.82, 2.24) is 5.32 Å². The van der Waals surface area contributed by atoms with Crippen LogP contribution in [0.3, 0.4) is 0 Å². The number of rotatable bonds is 5. The van der Waals surface area contributed by atoms with Gasteiger partial charge in [-0.2, -0.15) is 0 Å². The van der Waals surface area contributed by atoms with Gasteiger partial charge in [0.05, 0.1) is 5.56 Å². The number of aliphatic carboxylic acids is 1. The number of benzene rings is 1. The quantitative estimate of drug-likeness (QED) is 0.877. The molecule has 0 saturated heterocycles. The van der Waals surface area contributed by atoms with Crippen LogP contribution in [-0.2, 0) is 4.79 Å². The Morgan fingerprint density at radius 2 is 2.17 bits per heavy atom. The maximum absolute atomic E-state index is 13.0. The summed E-state index contributed by atoms with van der Waals surface area (Å²) in [4.78, 5) is 22.7. The molecule has 4 nitrogen and oxygen atoms in total. The summed E-state index contributed by atoms with van der Waals surface area (Å²) in [6, 6.07) is 2.71. The Morgan fingerprint density at radius 1 is 1.50 bits per heavy atom. The van der Waals surface area contributed by atoms with E-state index in [-0.39, 0.29) is 5.56 Å². The Kier molecular flexibility index (Phi) is 5.27. The fourth-order valence-corrected chi connectivity index (χ4v) is 1.88. The molecule has 0 fully saturated rings. The van der Waals surface area contributed by atoms with Crippen LogP contribution in [0, 0.1) is 5.82 Å². The van der Waals surface area contributed by atoms with Crippen LogP contribution in [0.15, 0.2) is 22.7 Å². The first-order valence-corrected chi connectivity index (χ1v) is 6.23. The van der Waals surface area contributed by atoms with Gasteiger partial charge in [0.2, 0.25) is 0 Å². The average molecular weight is 318 g/mol. The van der Waals surface area contributed by atoms with Crippen molar-refractivity contribution < 1.29 is 19.1 Å². The average Bonchev–Trinajstić information content (AvgIpc) is 2.31. The highest BCUT2D eigenvalue weighted by Gasteiger charge is 2.21. The molecule has 0 aromatic heterocycles. The van der Waals surface area contributed by atoms with Gasteiger partial charge in [-0.05, 0) is 40.5 Å². The van der Waals surface area contributed by atoms with Crippen LogP contribution in [0.1, 0.15) is 30.1 Å². The van der Waals surface area contributed by atoms with Gasteiger partial charge in [-0.25, -0.2) is 9.18 Å². The molecular formula is C12H13BrFNO3. The van der Waals surface area contributed by atoms with Crippen LogP contribution in [0.25, 0.3) is 0 Å². The van der Waals surface area contributed by atoms with Crippen molar-refractivity contribution in [3.63, 3.8) is 0 Å². The number of carboxylic acids is 1. The number of hydrogen-bond acceptors (Lipinski definition) is 2. The molecule has 0 aliphatic heterocycles. The summed E-state index contributed by atoms with van der Waals surface area (Å²) in [5.74, 6) is -2.26. The standard InChI is InChI=1S/C12H13BrFNO3/c1-2-3-10(12(17)18)15-11(16)8-6-7(14)4-5-9(8)13/h4-6,10H,2-3H2,1H3,(H,15,16)(H,17,18)/t10-/m0/s1. The molecule has 6 heteroatoms. The molecule has 1 rings (SSSR count). The molecule has 0 aliphatic carbocycles. The van der Waals surface area contributed by atoms with E-state index in [9.17, 15) is 14.0 Å². The van der Waals surface area contributed by atoms with E-state index in [0.29, 0.717) is 17.3 Å². The Balaban J connectivity index is 2.86. The van der Waals surface area contributed by atoms with E-state index in [1.807, 2.05) is 6.92 Å². The molecule has 18 heavy (non-hydrogen) atoms. The largest absolute Gasteiger partial charge is 0.480 e.